The zero-order valence-electron chi connectivity index (χ0n) is 10.9. The van der Waals surface area contributed by atoms with Crippen molar-refractivity contribution in [2.24, 2.45) is 0 Å². The molecule has 1 N–H and O–H groups in total. The number of hydrogen-bond acceptors (Lipinski definition) is 3. The molecule has 20 heavy (non-hydrogen) atoms. The molecular weight excluding hydrogens is 254 g/mol. The summed E-state index contributed by atoms with van der Waals surface area (Å²) >= 11 is 0. The molecule has 0 aromatic heterocycles. The molecule has 2 rings (SSSR count). The summed E-state index contributed by atoms with van der Waals surface area (Å²) in [4.78, 5) is 10.8. The van der Waals surface area contributed by atoms with E-state index in [2.05, 4.69) is 6.07 Å². The van der Waals surface area contributed by atoms with Gasteiger partial charge >= 0.3 is 5.97 Å². The summed E-state index contributed by atoms with van der Waals surface area (Å²) in [5.74, 6) is -0.526. The maximum atomic E-state index is 10.8. The lowest BCUT2D eigenvalue weighted by atomic mass is 10.0. The van der Waals surface area contributed by atoms with E-state index in [1.807, 2.05) is 12.1 Å². The van der Waals surface area contributed by atoms with Crippen LogP contribution >= 0.6 is 0 Å². The van der Waals surface area contributed by atoms with E-state index in [0.29, 0.717) is 11.3 Å². The SMILES string of the molecule is C[C@@H](Oc1cccc(-c2cccc(C#N)c2)c1)C(=O)O. The van der Waals surface area contributed by atoms with E-state index in [1.54, 1.807) is 36.4 Å². The van der Waals surface area contributed by atoms with E-state index < -0.39 is 12.1 Å². The Morgan fingerprint density at radius 1 is 1.20 bits per heavy atom. The van der Waals surface area contributed by atoms with Crippen LogP contribution in [0.25, 0.3) is 11.1 Å². The van der Waals surface area contributed by atoms with Gasteiger partial charge in [0.15, 0.2) is 6.10 Å². The van der Waals surface area contributed by atoms with Gasteiger partial charge in [0.2, 0.25) is 0 Å². The number of ether oxygens (including phenoxy) is 1. The van der Waals surface area contributed by atoms with Crippen molar-refractivity contribution < 1.29 is 14.6 Å². The predicted octanol–water partition coefficient (Wildman–Crippen LogP) is 3.08. The fourth-order valence-electron chi connectivity index (χ4n) is 1.77. The number of aliphatic carboxylic acids is 1. The largest absolute Gasteiger partial charge is 0.479 e. The molecule has 4 nitrogen and oxygen atoms in total. The fraction of sp³-hybridized carbons (Fsp3) is 0.125. The molecule has 2 aromatic rings. The third-order valence-corrected chi connectivity index (χ3v) is 2.82. The first-order valence-electron chi connectivity index (χ1n) is 6.10. The van der Waals surface area contributed by atoms with Crippen molar-refractivity contribution in [3.63, 3.8) is 0 Å². The van der Waals surface area contributed by atoms with E-state index >= 15 is 0 Å². The molecule has 0 aliphatic heterocycles. The summed E-state index contributed by atoms with van der Waals surface area (Å²) in [7, 11) is 0. The van der Waals surface area contributed by atoms with Crippen LogP contribution in [0.5, 0.6) is 5.75 Å². The van der Waals surface area contributed by atoms with Crippen LogP contribution in [0, 0.1) is 11.3 Å². The molecular formula is C16H13NO3. The normalized spacial score (nSPS) is 11.4. The molecule has 0 spiro atoms. The molecule has 1 atom stereocenters. The highest BCUT2D eigenvalue weighted by atomic mass is 16.5. The molecule has 0 radical (unpaired) electrons. The van der Waals surface area contributed by atoms with Gasteiger partial charge in [0, 0.05) is 0 Å². The maximum Gasteiger partial charge on any atom is 0.344 e. The summed E-state index contributed by atoms with van der Waals surface area (Å²) in [6.07, 6.45) is -0.907. The number of benzene rings is 2. The van der Waals surface area contributed by atoms with Crippen molar-refractivity contribution in [2.45, 2.75) is 13.0 Å². The molecule has 0 amide bonds. The number of carboxylic acid groups (broad SMARTS) is 1. The number of carboxylic acids is 1. The van der Waals surface area contributed by atoms with Crippen molar-refractivity contribution in [1.29, 1.82) is 5.26 Å². The summed E-state index contributed by atoms with van der Waals surface area (Å²) in [5, 5.41) is 17.7. The van der Waals surface area contributed by atoms with Crippen LogP contribution in [-0.2, 0) is 4.79 Å². The van der Waals surface area contributed by atoms with Crippen LogP contribution in [0.15, 0.2) is 48.5 Å². The molecule has 100 valence electrons. The quantitative estimate of drug-likeness (QED) is 0.924. The van der Waals surface area contributed by atoms with Crippen molar-refractivity contribution in [3.05, 3.63) is 54.1 Å². The first kappa shape index (κ1) is 13.6. The van der Waals surface area contributed by atoms with Crippen LogP contribution < -0.4 is 4.74 Å². The van der Waals surface area contributed by atoms with Gasteiger partial charge in [0.25, 0.3) is 0 Å². The minimum absolute atomic E-state index is 0.486. The predicted molar refractivity (Wildman–Crippen MR) is 74.3 cm³/mol. The van der Waals surface area contributed by atoms with Gasteiger partial charge in [-0.3, -0.25) is 0 Å². The van der Waals surface area contributed by atoms with Crippen molar-refractivity contribution in [1.82, 2.24) is 0 Å². The molecule has 0 saturated carbocycles. The Kier molecular flexibility index (Phi) is 4.02. The summed E-state index contributed by atoms with van der Waals surface area (Å²) in [6, 6.07) is 16.4. The Hall–Kier alpha value is -2.80. The first-order valence-corrected chi connectivity index (χ1v) is 6.10. The molecule has 0 saturated heterocycles. The van der Waals surface area contributed by atoms with Crippen LogP contribution in [0.3, 0.4) is 0 Å². The van der Waals surface area contributed by atoms with E-state index in [0.717, 1.165) is 11.1 Å². The third-order valence-electron chi connectivity index (χ3n) is 2.82. The third kappa shape index (κ3) is 3.15. The number of carbonyl (C=O) groups is 1. The summed E-state index contributed by atoms with van der Waals surface area (Å²) in [6.45, 7) is 1.48. The average molecular weight is 267 g/mol. The van der Waals surface area contributed by atoms with Crippen LogP contribution in [0.2, 0.25) is 0 Å². The lowest BCUT2D eigenvalue weighted by Crippen LogP contribution is -2.22. The standard InChI is InChI=1S/C16H13NO3/c1-11(16(18)19)20-15-7-3-6-14(9-15)13-5-2-4-12(8-13)10-17/h2-9,11H,1H3,(H,18,19)/t11-/m1/s1. The molecule has 0 fully saturated rings. The number of nitrogens with zero attached hydrogens (tertiary/aromatic N) is 1. The Morgan fingerprint density at radius 3 is 2.50 bits per heavy atom. The van der Waals surface area contributed by atoms with Crippen molar-refractivity contribution in [3.8, 4) is 22.9 Å². The van der Waals surface area contributed by atoms with Gasteiger partial charge in [-0.05, 0) is 42.3 Å². The minimum atomic E-state index is -1.01. The summed E-state index contributed by atoms with van der Waals surface area (Å²) in [5.41, 5.74) is 2.34. The molecule has 4 heteroatoms. The fourth-order valence-corrected chi connectivity index (χ4v) is 1.77. The van der Waals surface area contributed by atoms with Crippen molar-refractivity contribution in [2.75, 3.05) is 0 Å². The molecule has 0 aliphatic rings. The van der Waals surface area contributed by atoms with E-state index in [9.17, 15) is 4.79 Å². The topological polar surface area (TPSA) is 70.3 Å². The van der Waals surface area contributed by atoms with Gasteiger partial charge in [0.1, 0.15) is 5.75 Å². The van der Waals surface area contributed by atoms with Gasteiger partial charge in [-0.1, -0.05) is 24.3 Å². The van der Waals surface area contributed by atoms with Gasteiger partial charge in [-0.15, -0.1) is 0 Å². The van der Waals surface area contributed by atoms with Gasteiger partial charge in [-0.2, -0.15) is 5.26 Å². The maximum absolute atomic E-state index is 10.8. The highest BCUT2D eigenvalue weighted by molar-refractivity contribution is 5.72. The van der Waals surface area contributed by atoms with Gasteiger partial charge in [0.05, 0.1) is 11.6 Å². The van der Waals surface area contributed by atoms with Crippen LogP contribution in [-0.4, -0.2) is 17.2 Å². The molecule has 2 aromatic carbocycles. The summed E-state index contributed by atoms with van der Waals surface area (Å²) < 4.78 is 5.33. The van der Waals surface area contributed by atoms with E-state index in [1.165, 1.54) is 6.92 Å². The Balaban J connectivity index is 2.30. The second-order valence-corrected chi connectivity index (χ2v) is 4.32. The number of nitriles is 1. The monoisotopic (exact) mass is 267 g/mol. The molecule has 0 heterocycles. The molecule has 0 unspecified atom stereocenters. The van der Waals surface area contributed by atoms with E-state index in [4.69, 9.17) is 15.1 Å². The highest BCUT2D eigenvalue weighted by Gasteiger charge is 2.12. The first-order chi connectivity index (χ1) is 9.60. The molecule has 0 aliphatic carbocycles. The number of rotatable bonds is 4. The van der Waals surface area contributed by atoms with Gasteiger partial charge < -0.3 is 9.84 Å². The minimum Gasteiger partial charge on any atom is -0.479 e. The van der Waals surface area contributed by atoms with E-state index in [-0.39, 0.29) is 0 Å². The van der Waals surface area contributed by atoms with Gasteiger partial charge in [-0.25, -0.2) is 4.79 Å². The number of hydrogen-bond donors (Lipinski definition) is 1. The lowest BCUT2D eigenvalue weighted by Gasteiger charge is -2.11. The smallest absolute Gasteiger partial charge is 0.344 e. The lowest BCUT2D eigenvalue weighted by molar-refractivity contribution is -0.144. The second-order valence-electron chi connectivity index (χ2n) is 4.32. The Labute approximate surface area is 116 Å². The Morgan fingerprint density at radius 2 is 1.85 bits per heavy atom. The van der Waals surface area contributed by atoms with Crippen LogP contribution in [0.1, 0.15) is 12.5 Å². The zero-order chi connectivity index (χ0) is 14.5. The Bertz CT molecular complexity index is 673. The van der Waals surface area contributed by atoms with Crippen molar-refractivity contribution >= 4 is 5.97 Å². The molecule has 0 bridgehead atoms. The van der Waals surface area contributed by atoms with Crippen LogP contribution in [0.4, 0.5) is 0 Å². The zero-order valence-corrected chi connectivity index (χ0v) is 10.9. The second kappa shape index (κ2) is 5.89. The highest BCUT2D eigenvalue weighted by Crippen LogP contribution is 2.25. The average Bonchev–Trinajstić information content (AvgIpc) is 2.47.